The molecule has 2 N–H and O–H groups in total. The maximum Gasteiger partial charge on any atom is 0.262 e. The molecule has 1 aliphatic rings. The number of rotatable bonds is 13. The number of para-hydroxylation sites is 1. The molecule has 0 saturated carbocycles. The molecule has 1 atom stereocenters. The molecule has 12 heteroatoms. The second kappa shape index (κ2) is 16.4. The van der Waals surface area contributed by atoms with Crippen LogP contribution in [0.25, 0.3) is 0 Å². The Morgan fingerprint density at radius 2 is 1.76 bits per heavy atom. The maximum absolute atomic E-state index is 15.1. The number of hydrogen-bond acceptors (Lipinski definition) is 9. The van der Waals surface area contributed by atoms with Crippen LogP contribution in [0.4, 0.5) is 21.7 Å². The van der Waals surface area contributed by atoms with Gasteiger partial charge in [-0.05, 0) is 95.6 Å². The second-order valence-corrected chi connectivity index (χ2v) is 12.4. The Morgan fingerprint density at radius 1 is 1.02 bits per heavy atom. The molecule has 264 valence electrons. The molecule has 1 aromatic heterocycles. The molecule has 1 fully saturated rings. The smallest absolute Gasteiger partial charge is 0.262 e. The number of hydrogen-bond donors (Lipinski definition) is 2. The molecular formula is C38H45FN6O5. The molecule has 0 radical (unpaired) electrons. The van der Waals surface area contributed by atoms with Crippen molar-refractivity contribution in [3.63, 3.8) is 0 Å². The molecule has 5 rings (SSSR count). The second-order valence-electron chi connectivity index (χ2n) is 12.4. The third kappa shape index (κ3) is 8.67. The highest BCUT2D eigenvalue weighted by Gasteiger charge is 2.23. The van der Waals surface area contributed by atoms with Crippen LogP contribution >= 0.6 is 0 Å². The number of anilines is 3. The number of aryl methyl sites for hydroxylation is 2. The van der Waals surface area contributed by atoms with Gasteiger partial charge in [0, 0.05) is 54.8 Å². The molecule has 1 aliphatic heterocycles. The number of halogens is 1. The van der Waals surface area contributed by atoms with Crippen LogP contribution in [0.5, 0.6) is 23.1 Å². The minimum absolute atomic E-state index is 0.0480. The number of nitrogens with zero attached hydrogens (tertiary/aromatic N) is 4. The van der Waals surface area contributed by atoms with Crippen molar-refractivity contribution in [2.75, 3.05) is 57.6 Å². The fourth-order valence-electron chi connectivity index (χ4n) is 5.98. The van der Waals surface area contributed by atoms with Gasteiger partial charge in [0.05, 0.1) is 13.7 Å². The molecule has 4 aromatic rings. The Hall–Kier alpha value is -5.23. The largest absolute Gasteiger partial charge is 0.493 e. The number of amides is 2. The number of likely N-dealkylation sites (tertiary alicyclic amines) is 1. The summed E-state index contributed by atoms with van der Waals surface area (Å²) in [5.41, 5.74) is 3.29. The van der Waals surface area contributed by atoms with E-state index < -0.39 is 11.7 Å². The molecule has 0 aliphatic carbocycles. The number of aromatic nitrogens is 2. The highest BCUT2D eigenvalue weighted by Crippen LogP contribution is 2.35. The number of nitrogens with one attached hydrogen (secondary N) is 2. The van der Waals surface area contributed by atoms with Gasteiger partial charge in [-0.2, -0.15) is 4.98 Å². The predicted molar refractivity (Wildman–Crippen MR) is 192 cm³/mol. The number of benzene rings is 3. The van der Waals surface area contributed by atoms with E-state index in [1.807, 2.05) is 45.9 Å². The lowest BCUT2D eigenvalue weighted by Crippen LogP contribution is -2.34. The third-order valence-electron chi connectivity index (χ3n) is 8.77. The summed E-state index contributed by atoms with van der Waals surface area (Å²) in [6, 6.07) is 15.1. The first kappa shape index (κ1) is 36.1. The van der Waals surface area contributed by atoms with Crippen molar-refractivity contribution in [1.29, 1.82) is 0 Å². The monoisotopic (exact) mass is 684 g/mol. The number of piperidine rings is 1. The van der Waals surface area contributed by atoms with Crippen molar-refractivity contribution >= 4 is 29.1 Å². The predicted octanol–water partition coefficient (Wildman–Crippen LogP) is 7.23. The van der Waals surface area contributed by atoms with Crippen LogP contribution in [0, 0.1) is 25.6 Å². The van der Waals surface area contributed by atoms with Gasteiger partial charge in [0.1, 0.15) is 5.56 Å². The van der Waals surface area contributed by atoms with Crippen LogP contribution in [0.2, 0.25) is 0 Å². The minimum Gasteiger partial charge on any atom is -0.493 e. The molecule has 1 unspecified atom stereocenters. The van der Waals surface area contributed by atoms with Crippen LogP contribution < -0.4 is 24.8 Å². The first-order valence-electron chi connectivity index (χ1n) is 16.9. The zero-order valence-corrected chi connectivity index (χ0v) is 29.5. The van der Waals surface area contributed by atoms with Gasteiger partial charge in [0.25, 0.3) is 11.8 Å². The maximum atomic E-state index is 15.1. The van der Waals surface area contributed by atoms with Crippen LogP contribution in [-0.2, 0) is 0 Å². The number of methoxy groups -OCH3 is 1. The Labute approximate surface area is 292 Å². The molecule has 50 heavy (non-hydrogen) atoms. The van der Waals surface area contributed by atoms with E-state index >= 15 is 4.39 Å². The van der Waals surface area contributed by atoms with Crippen LogP contribution in [0.15, 0.2) is 60.8 Å². The van der Waals surface area contributed by atoms with Gasteiger partial charge >= 0.3 is 0 Å². The average Bonchev–Trinajstić information content (AvgIpc) is 3.10. The van der Waals surface area contributed by atoms with E-state index in [-0.39, 0.29) is 40.5 Å². The summed E-state index contributed by atoms with van der Waals surface area (Å²) < 4.78 is 32.8. The summed E-state index contributed by atoms with van der Waals surface area (Å²) in [5.74, 6) is -0.159. The van der Waals surface area contributed by atoms with E-state index in [1.54, 1.807) is 35.2 Å². The van der Waals surface area contributed by atoms with E-state index in [2.05, 4.69) is 32.5 Å². The summed E-state index contributed by atoms with van der Waals surface area (Å²) in [6.07, 6.45) is 3.49. The van der Waals surface area contributed by atoms with E-state index in [1.165, 1.54) is 19.4 Å². The van der Waals surface area contributed by atoms with E-state index in [0.717, 1.165) is 37.1 Å². The Balaban J connectivity index is 1.42. The number of ether oxygens (including phenoxy) is 3. The lowest BCUT2D eigenvalue weighted by atomic mass is 10.00. The van der Waals surface area contributed by atoms with Gasteiger partial charge < -0.3 is 34.6 Å². The third-order valence-corrected chi connectivity index (χ3v) is 8.77. The van der Waals surface area contributed by atoms with Gasteiger partial charge in [-0.25, -0.2) is 9.37 Å². The topological polar surface area (TPSA) is 118 Å². The van der Waals surface area contributed by atoms with Crippen molar-refractivity contribution in [3.8, 4) is 23.1 Å². The summed E-state index contributed by atoms with van der Waals surface area (Å²) in [5, 5.41) is 5.96. The Morgan fingerprint density at radius 3 is 2.44 bits per heavy atom. The minimum atomic E-state index is -0.524. The molecule has 1 saturated heterocycles. The highest BCUT2D eigenvalue weighted by molar-refractivity contribution is 6.06. The van der Waals surface area contributed by atoms with Crippen LogP contribution in [0.1, 0.15) is 58.5 Å². The average molecular weight is 685 g/mol. The van der Waals surface area contributed by atoms with E-state index in [0.29, 0.717) is 42.6 Å². The lowest BCUT2D eigenvalue weighted by Gasteiger charge is -2.29. The van der Waals surface area contributed by atoms with Crippen molar-refractivity contribution in [2.45, 2.75) is 40.5 Å². The van der Waals surface area contributed by atoms with Crippen molar-refractivity contribution in [2.24, 2.45) is 5.92 Å². The van der Waals surface area contributed by atoms with Crippen molar-refractivity contribution in [1.82, 2.24) is 19.8 Å². The summed E-state index contributed by atoms with van der Waals surface area (Å²) >= 11 is 0. The molecule has 2 amide bonds. The molecule has 0 bridgehead atoms. The van der Waals surface area contributed by atoms with Gasteiger partial charge in [-0.15, -0.1) is 0 Å². The summed E-state index contributed by atoms with van der Waals surface area (Å²) in [7, 11) is 3.55. The SMILES string of the molecule is CCN(CC)C(=O)c1ccc(Oc2nc(Nc3ccc(OCC4CCCN(C)C4)c(F)c3)ncc2C(=O)Nc2c(C)cccc2C)c(OC)c1. The first-order valence-corrected chi connectivity index (χ1v) is 16.9. The zero-order valence-electron chi connectivity index (χ0n) is 29.5. The quantitative estimate of drug-likeness (QED) is 0.150. The van der Waals surface area contributed by atoms with Gasteiger partial charge in [0.2, 0.25) is 11.8 Å². The molecule has 0 spiro atoms. The van der Waals surface area contributed by atoms with E-state index in [9.17, 15) is 9.59 Å². The van der Waals surface area contributed by atoms with Crippen molar-refractivity contribution in [3.05, 3.63) is 88.9 Å². The number of carbonyl (C=O) groups excluding carboxylic acids is 2. The Kier molecular flexibility index (Phi) is 11.9. The highest BCUT2D eigenvalue weighted by atomic mass is 19.1. The van der Waals surface area contributed by atoms with Gasteiger partial charge in [-0.3, -0.25) is 9.59 Å². The molecule has 3 aromatic carbocycles. The summed E-state index contributed by atoms with van der Waals surface area (Å²) in [6.45, 7) is 11.2. The molecular weight excluding hydrogens is 639 g/mol. The van der Waals surface area contributed by atoms with Crippen LogP contribution in [-0.4, -0.2) is 78.5 Å². The zero-order chi connectivity index (χ0) is 35.8. The molecule has 11 nitrogen and oxygen atoms in total. The number of carbonyl (C=O) groups is 2. The Bertz CT molecular complexity index is 1810. The van der Waals surface area contributed by atoms with Gasteiger partial charge in [-0.1, -0.05) is 18.2 Å². The fraction of sp³-hybridized carbons (Fsp3) is 0.368. The van der Waals surface area contributed by atoms with Crippen LogP contribution in [0.3, 0.4) is 0 Å². The van der Waals surface area contributed by atoms with Gasteiger partial charge in [0.15, 0.2) is 23.1 Å². The fourth-order valence-corrected chi connectivity index (χ4v) is 5.98. The standard InChI is InChI=1S/C38H45FN6O5/c1-7-45(8-2)37(47)27-14-16-32(33(19-27)48-6)50-36-29(35(46)42-34-24(3)11-9-12-25(34)4)21-40-38(43-36)41-28-15-17-31(30(39)20-28)49-23-26-13-10-18-44(5)22-26/h9,11-12,14-17,19-21,26H,7-8,10,13,18,22-23H2,1-6H3,(H,42,46)(H,40,41,43). The first-order chi connectivity index (χ1) is 24.1. The van der Waals surface area contributed by atoms with E-state index in [4.69, 9.17) is 14.2 Å². The lowest BCUT2D eigenvalue weighted by molar-refractivity contribution is 0.0772. The normalized spacial score (nSPS) is 14.5. The summed E-state index contributed by atoms with van der Waals surface area (Å²) in [4.78, 5) is 39.5. The molecule has 2 heterocycles. The van der Waals surface area contributed by atoms with Crippen molar-refractivity contribution < 1.29 is 28.2 Å².